The number of rotatable bonds is 20. The van der Waals surface area contributed by atoms with Crippen molar-refractivity contribution in [1.82, 2.24) is 0 Å². The normalized spacial score (nSPS) is 12.0. The van der Waals surface area contributed by atoms with Crippen molar-refractivity contribution in [3.8, 4) is 11.5 Å². The van der Waals surface area contributed by atoms with Crippen molar-refractivity contribution < 1.29 is 49.0 Å². The highest BCUT2D eigenvalue weighted by molar-refractivity contribution is 5.81. The molecule has 2 atom stereocenters. The van der Waals surface area contributed by atoms with E-state index in [2.05, 4.69) is 51.3 Å². The molecule has 0 aliphatic rings. The van der Waals surface area contributed by atoms with Crippen molar-refractivity contribution in [2.75, 3.05) is 39.6 Å². The summed E-state index contributed by atoms with van der Waals surface area (Å²) in [6, 6.07) is 16.2. The van der Waals surface area contributed by atoms with Gasteiger partial charge in [0.05, 0.1) is 38.6 Å². The Labute approximate surface area is 255 Å². The van der Waals surface area contributed by atoms with Crippen LogP contribution in [0.1, 0.15) is 51.7 Å². The number of benzene rings is 2. The maximum Gasteiger partial charge on any atom is 0.330 e. The molecular weight excluding hydrogens is 556 g/mol. The van der Waals surface area contributed by atoms with Crippen molar-refractivity contribution in [2.24, 2.45) is 0 Å². The average Bonchev–Trinajstić information content (AvgIpc) is 2.98. The molecule has 240 valence electrons. The van der Waals surface area contributed by atoms with Gasteiger partial charge in [-0.1, -0.05) is 51.3 Å². The quantitative estimate of drug-likeness (QED) is 0.124. The first-order chi connectivity index (χ1) is 19.6. The molecule has 0 bridgehead atoms. The molecule has 0 fully saturated rings. The lowest BCUT2D eigenvalue weighted by Gasteiger charge is -2.26. The fourth-order valence-corrected chi connectivity index (χ4v) is 3.78. The first-order valence-electron chi connectivity index (χ1n) is 13.9. The summed E-state index contributed by atoms with van der Waals surface area (Å²) in [7, 11) is 0. The highest BCUT2D eigenvalue weighted by atomic mass is 16.6. The van der Waals surface area contributed by atoms with Gasteiger partial charge in [-0.05, 0) is 49.2 Å². The molecule has 0 aliphatic carbocycles. The number of carbonyl (C=O) groups excluding carboxylic acids is 2. The molecule has 2 unspecified atom stereocenters. The van der Waals surface area contributed by atoms with Crippen LogP contribution in [0.4, 0.5) is 0 Å². The molecule has 0 saturated heterocycles. The van der Waals surface area contributed by atoms with Gasteiger partial charge < -0.3 is 39.4 Å². The minimum atomic E-state index is -0.425. The van der Waals surface area contributed by atoms with E-state index in [1.54, 1.807) is 0 Å². The van der Waals surface area contributed by atoms with Gasteiger partial charge in [-0.25, -0.2) is 9.59 Å². The molecule has 2 rings (SSSR count). The number of hydrogen-bond donors (Lipinski definition) is 0. The lowest BCUT2D eigenvalue weighted by molar-refractivity contribution is -0.139. The molecule has 0 radical (unpaired) electrons. The van der Waals surface area contributed by atoms with E-state index >= 15 is 0 Å². The molecular formula is C33H48O10. The Morgan fingerprint density at radius 1 is 0.674 bits per heavy atom. The van der Waals surface area contributed by atoms with E-state index in [0.29, 0.717) is 52.5 Å². The van der Waals surface area contributed by atoms with E-state index in [1.165, 1.54) is 0 Å². The van der Waals surface area contributed by atoms with Crippen LogP contribution in [0, 0.1) is 0 Å². The topological polar surface area (TPSA) is 153 Å². The SMILES string of the molecule is C=CC(=O)OCCCOC(C)COc1ccc(C(C)(C)c2ccc(OCC(C)OCCCOC(=O)C=C)cc2)cc1.O.O. The van der Waals surface area contributed by atoms with Crippen LogP contribution in [0.3, 0.4) is 0 Å². The molecule has 10 heteroatoms. The lowest BCUT2D eigenvalue weighted by Crippen LogP contribution is -2.20. The third-order valence-corrected chi connectivity index (χ3v) is 6.33. The molecule has 4 N–H and O–H groups in total. The van der Waals surface area contributed by atoms with Crippen molar-refractivity contribution in [3.63, 3.8) is 0 Å². The second kappa shape index (κ2) is 21.1. The van der Waals surface area contributed by atoms with Gasteiger partial charge in [0, 0.05) is 30.4 Å². The molecule has 0 aromatic heterocycles. The lowest BCUT2D eigenvalue weighted by atomic mass is 9.78. The van der Waals surface area contributed by atoms with Crippen LogP contribution in [0.5, 0.6) is 11.5 Å². The van der Waals surface area contributed by atoms with Gasteiger partial charge in [0.25, 0.3) is 0 Å². The summed E-state index contributed by atoms with van der Waals surface area (Å²) in [6.45, 7) is 17.4. The Hall–Kier alpha value is -3.70. The predicted octanol–water partition coefficient (Wildman–Crippen LogP) is 4.17. The average molecular weight is 605 g/mol. The van der Waals surface area contributed by atoms with Gasteiger partial charge in [-0.3, -0.25) is 0 Å². The zero-order valence-electron chi connectivity index (χ0n) is 25.8. The first kappa shape index (κ1) is 39.3. The minimum Gasteiger partial charge on any atom is -0.491 e. The van der Waals surface area contributed by atoms with Gasteiger partial charge in [0.15, 0.2) is 0 Å². The predicted molar refractivity (Wildman–Crippen MR) is 166 cm³/mol. The largest absolute Gasteiger partial charge is 0.491 e. The smallest absolute Gasteiger partial charge is 0.330 e. The second-order valence-corrected chi connectivity index (χ2v) is 10.1. The van der Waals surface area contributed by atoms with Crippen LogP contribution in [-0.2, 0) is 34.0 Å². The van der Waals surface area contributed by atoms with Crippen LogP contribution in [0.25, 0.3) is 0 Å². The van der Waals surface area contributed by atoms with Crippen molar-refractivity contribution in [3.05, 3.63) is 85.0 Å². The summed E-state index contributed by atoms with van der Waals surface area (Å²) in [5.74, 6) is 0.701. The van der Waals surface area contributed by atoms with Gasteiger partial charge >= 0.3 is 11.9 Å². The maximum atomic E-state index is 11.0. The number of hydrogen-bond acceptors (Lipinski definition) is 8. The van der Waals surface area contributed by atoms with Crippen LogP contribution in [0.15, 0.2) is 73.8 Å². The Bertz CT molecular complexity index is 994. The van der Waals surface area contributed by atoms with E-state index in [0.717, 1.165) is 34.8 Å². The molecule has 0 saturated carbocycles. The minimum absolute atomic E-state index is 0. The van der Waals surface area contributed by atoms with Gasteiger partial charge in [0.1, 0.15) is 24.7 Å². The van der Waals surface area contributed by atoms with Gasteiger partial charge in [-0.15, -0.1) is 0 Å². The second-order valence-electron chi connectivity index (χ2n) is 10.1. The standard InChI is InChI=1S/C33H44O8.2H2O/c1-7-31(34)38-21-9-19-36-25(3)23-40-29-15-11-27(12-16-29)33(5,6)28-13-17-30(18-14-28)41-24-26(4)37-20-10-22-39-32(35)8-2;;/h7-8,11-18,25-26H,1-2,9-10,19-24H2,3-6H3;2*1H2. The fourth-order valence-electron chi connectivity index (χ4n) is 3.78. The van der Waals surface area contributed by atoms with Crippen LogP contribution >= 0.6 is 0 Å². The number of esters is 2. The highest BCUT2D eigenvalue weighted by Gasteiger charge is 2.23. The van der Waals surface area contributed by atoms with E-state index in [9.17, 15) is 9.59 Å². The maximum absolute atomic E-state index is 11.0. The number of carbonyl (C=O) groups is 2. The summed E-state index contributed by atoms with van der Waals surface area (Å²) in [4.78, 5) is 22.1. The Kier molecular flexibility index (Phi) is 19.2. The van der Waals surface area contributed by atoms with Crippen LogP contribution < -0.4 is 9.47 Å². The van der Waals surface area contributed by atoms with Crippen molar-refractivity contribution in [1.29, 1.82) is 0 Å². The zero-order chi connectivity index (χ0) is 30.1. The molecule has 2 aromatic rings. The zero-order valence-corrected chi connectivity index (χ0v) is 25.8. The molecule has 10 nitrogen and oxygen atoms in total. The number of ether oxygens (including phenoxy) is 6. The third kappa shape index (κ3) is 14.8. The molecule has 2 aromatic carbocycles. The van der Waals surface area contributed by atoms with Crippen LogP contribution in [-0.4, -0.2) is 74.7 Å². The Morgan fingerprint density at radius 3 is 1.35 bits per heavy atom. The fraction of sp³-hybridized carbons (Fsp3) is 0.455. The summed E-state index contributed by atoms with van der Waals surface area (Å²) >= 11 is 0. The first-order valence-corrected chi connectivity index (χ1v) is 13.9. The van der Waals surface area contributed by atoms with E-state index < -0.39 is 11.9 Å². The highest BCUT2D eigenvalue weighted by Crippen LogP contribution is 2.33. The van der Waals surface area contributed by atoms with Gasteiger partial charge in [-0.2, -0.15) is 0 Å². The monoisotopic (exact) mass is 604 g/mol. The summed E-state index contributed by atoms with van der Waals surface area (Å²) < 4.78 is 33.1. The molecule has 0 aliphatic heterocycles. The van der Waals surface area contributed by atoms with Gasteiger partial charge in [0.2, 0.25) is 0 Å². The third-order valence-electron chi connectivity index (χ3n) is 6.33. The molecule has 0 heterocycles. The summed E-state index contributed by atoms with van der Waals surface area (Å²) in [6.07, 6.45) is 3.34. The van der Waals surface area contributed by atoms with E-state index in [1.807, 2.05) is 38.1 Å². The summed E-state index contributed by atoms with van der Waals surface area (Å²) in [5.41, 5.74) is 2.11. The van der Waals surface area contributed by atoms with Crippen molar-refractivity contribution >= 4 is 11.9 Å². The Balaban J connectivity index is 0.00000882. The summed E-state index contributed by atoms with van der Waals surface area (Å²) in [5, 5.41) is 0. The molecule has 0 amide bonds. The van der Waals surface area contributed by atoms with E-state index in [4.69, 9.17) is 28.4 Å². The van der Waals surface area contributed by atoms with E-state index in [-0.39, 0.29) is 28.6 Å². The van der Waals surface area contributed by atoms with Crippen molar-refractivity contribution in [2.45, 2.75) is 58.2 Å². The molecule has 0 spiro atoms. The Morgan fingerprint density at radius 2 is 1.02 bits per heavy atom. The molecule has 43 heavy (non-hydrogen) atoms. The van der Waals surface area contributed by atoms with Crippen LogP contribution in [0.2, 0.25) is 0 Å².